The first-order chi connectivity index (χ1) is 10.9. The molecule has 5 nitrogen and oxygen atoms in total. The number of carbonyl (C=O) groups is 2. The van der Waals surface area contributed by atoms with Crippen molar-refractivity contribution in [3.8, 4) is 0 Å². The summed E-state index contributed by atoms with van der Waals surface area (Å²) in [5.41, 5.74) is 1.59. The fourth-order valence-electron chi connectivity index (χ4n) is 2.12. The Morgan fingerprint density at radius 1 is 1.43 bits per heavy atom. The predicted octanol–water partition coefficient (Wildman–Crippen LogP) is 3.85. The Balaban J connectivity index is 1.67. The van der Waals surface area contributed by atoms with Gasteiger partial charge in [0.25, 0.3) is 0 Å². The highest BCUT2D eigenvalue weighted by Crippen LogP contribution is 2.38. The van der Waals surface area contributed by atoms with Crippen molar-refractivity contribution in [1.29, 1.82) is 0 Å². The fourth-order valence-corrected chi connectivity index (χ4v) is 4.22. The molecule has 0 bridgehead atoms. The number of anilines is 2. The maximum Gasteiger partial charge on any atom is 0.238 e. The number of amides is 2. The number of benzene rings is 1. The van der Waals surface area contributed by atoms with Crippen molar-refractivity contribution in [2.24, 2.45) is 0 Å². The van der Waals surface area contributed by atoms with E-state index in [2.05, 4.69) is 15.6 Å². The van der Waals surface area contributed by atoms with E-state index < -0.39 is 5.25 Å². The summed E-state index contributed by atoms with van der Waals surface area (Å²) in [6.45, 7) is 3.85. The summed E-state index contributed by atoms with van der Waals surface area (Å²) in [5.74, 6) is -0.407. The molecule has 0 saturated heterocycles. The van der Waals surface area contributed by atoms with Crippen molar-refractivity contribution in [1.82, 2.24) is 4.98 Å². The topological polar surface area (TPSA) is 71.1 Å². The van der Waals surface area contributed by atoms with Gasteiger partial charge in [-0.15, -0.1) is 23.1 Å². The fraction of sp³-hybridized carbons (Fsp3) is 0.267. The number of fused-ring (bicyclic) bond motifs is 1. The van der Waals surface area contributed by atoms with Crippen LogP contribution in [-0.2, 0) is 9.59 Å². The van der Waals surface area contributed by atoms with E-state index in [9.17, 15) is 9.59 Å². The van der Waals surface area contributed by atoms with E-state index in [-0.39, 0.29) is 18.2 Å². The molecule has 0 aliphatic carbocycles. The minimum atomic E-state index is -0.467. The Hall–Kier alpha value is -1.57. The predicted molar refractivity (Wildman–Crippen MR) is 94.6 cm³/mol. The summed E-state index contributed by atoms with van der Waals surface area (Å²) in [5, 5.41) is 6.22. The van der Waals surface area contributed by atoms with Gasteiger partial charge in [0, 0.05) is 21.2 Å². The highest BCUT2D eigenvalue weighted by Gasteiger charge is 2.29. The molecular weight excluding hydrogens is 354 g/mol. The summed E-state index contributed by atoms with van der Waals surface area (Å²) < 4.78 is 0. The van der Waals surface area contributed by atoms with Crippen LogP contribution in [0, 0.1) is 13.8 Å². The standard InChI is InChI=1S/C15H14ClN3O2S2/c1-7-8(2)22-15(17-7)19-13(20)6-12-14(21)18-10-5-9(16)3-4-11(10)23-12/h3-5,12H,6H2,1-2H3,(H,18,21)(H,17,19,20). The smallest absolute Gasteiger partial charge is 0.238 e. The number of nitrogens with zero attached hydrogens (tertiary/aromatic N) is 1. The number of nitrogens with one attached hydrogen (secondary N) is 2. The Bertz CT molecular complexity index is 772. The van der Waals surface area contributed by atoms with E-state index in [1.807, 2.05) is 19.9 Å². The normalized spacial score (nSPS) is 16.7. The molecular formula is C15H14ClN3O2S2. The average Bonchev–Trinajstić information content (AvgIpc) is 2.78. The van der Waals surface area contributed by atoms with Crippen LogP contribution in [0.3, 0.4) is 0 Å². The van der Waals surface area contributed by atoms with Gasteiger partial charge in [0.1, 0.15) is 0 Å². The minimum absolute atomic E-state index is 0.0935. The summed E-state index contributed by atoms with van der Waals surface area (Å²) in [6.07, 6.45) is 0.0935. The molecule has 120 valence electrons. The number of aromatic nitrogens is 1. The Morgan fingerprint density at radius 3 is 2.91 bits per heavy atom. The first-order valence-electron chi connectivity index (χ1n) is 6.93. The Labute approximate surface area is 146 Å². The molecule has 1 aliphatic heterocycles. The van der Waals surface area contributed by atoms with E-state index in [4.69, 9.17) is 11.6 Å². The summed E-state index contributed by atoms with van der Waals surface area (Å²) in [7, 11) is 0. The zero-order valence-electron chi connectivity index (χ0n) is 12.5. The highest BCUT2D eigenvalue weighted by molar-refractivity contribution is 8.01. The first kappa shape index (κ1) is 16.3. The average molecular weight is 368 g/mol. The second-order valence-corrected chi connectivity index (χ2v) is 8.03. The molecule has 0 fully saturated rings. The molecule has 2 aromatic rings. The van der Waals surface area contributed by atoms with Crippen molar-refractivity contribution in [3.05, 3.63) is 33.8 Å². The van der Waals surface area contributed by atoms with E-state index in [0.717, 1.165) is 15.5 Å². The summed E-state index contributed by atoms with van der Waals surface area (Å²) in [6, 6.07) is 5.32. The lowest BCUT2D eigenvalue weighted by molar-refractivity contribution is -0.120. The lowest BCUT2D eigenvalue weighted by Gasteiger charge is -2.23. The van der Waals surface area contributed by atoms with Crippen LogP contribution in [0.1, 0.15) is 17.0 Å². The van der Waals surface area contributed by atoms with Crippen molar-refractivity contribution >= 4 is 57.3 Å². The zero-order chi connectivity index (χ0) is 16.6. The summed E-state index contributed by atoms with van der Waals surface area (Å²) >= 11 is 8.72. The highest BCUT2D eigenvalue weighted by atomic mass is 35.5. The van der Waals surface area contributed by atoms with Crippen molar-refractivity contribution < 1.29 is 9.59 Å². The molecule has 1 unspecified atom stereocenters. The molecule has 1 aliphatic rings. The number of halogens is 1. The molecule has 1 aromatic carbocycles. The van der Waals surface area contributed by atoms with Gasteiger partial charge in [-0.1, -0.05) is 11.6 Å². The van der Waals surface area contributed by atoms with Crippen molar-refractivity contribution in [3.63, 3.8) is 0 Å². The van der Waals surface area contributed by atoms with Gasteiger partial charge in [0.05, 0.1) is 16.6 Å². The molecule has 2 amide bonds. The van der Waals surface area contributed by atoms with Gasteiger partial charge < -0.3 is 10.6 Å². The number of hydrogen-bond acceptors (Lipinski definition) is 5. The number of carbonyl (C=O) groups excluding carboxylic acids is 2. The maximum absolute atomic E-state index is 12.2. The van der Waals surface area contributed by atoms with Crippen LogP contribution in [0.25, 0.3) is 0 Å². The van der Waals surface area contributed by atoms with Gasteiger partial charge >= 0.3 is 0 Å². The second-order valence-electron chi connectivity index (χ2n) is 5.15. The monoisotopic (exact) mass is 367 g/mol. The third-order valence-electron chi connectivity index (χ3n) is 3.41. The second kappa shape index (κ2) is 6.51. The van der Waals surface area contributed by atoms with Gasteiger partial charge in [-0.2, -0.15) is 0 Å². The number of rotatable bonds is 3. The zero-order valence-corrected chi connectivity index (χ0v) is 14.9. The number of aryl methyl sites for hydroxylation is 2. The van der Waals surface area contributed by atoms with Crippen molar-refractivity contribution in [2.45, 2.75) is 30.4 Å². The first-order valence-corrected chi connectivity index (χ1v) is 9.01. The molecule has 1 atom stereocenters. The van der Waals surface area contributed by atoms with Gasteiger partial charge in [-0.3, -0.25) is 9.59 Å². The van der Waals surface area contributed by atoms with Crippen molar-refractivity contribution in [2.75, 3.05) is 10.6 Å². The molecule has 2 N–H and O–H groups in total. The lowest BCUT2D eigenvalue weighted by Crippen LogP contribution is -2.32. The van der Waals surface area contributed by atoms with Crippen LogP contribution in [0.4, 0.5) is 10.8 Å². The number of thioether (sulfide) groups is 1. The molecule has 2 heterocycles. The van der Waals surface area contributed by atoms with Crippen LogP contribution < -0.4 is 10.6 Å². The lowest BCUT2D eigenvalue weighted by atomic mass is 10.2. The SMILES string of the molecule is Cc1nc(NC(=O)CC2Sc3ccc(Cl)cc3NC2=O)sc1C. The van der Waals surface area contributed by atoms with Gasteiger partial charge in [0.2, 0.25) is 11.8 Å². The molecule has 0 saturated carbocycles. The van der Waals surface area contributed by atoms with E-state index in [0.29, 0.717) is 15.8 Å². The van der Waals surface area contributed by atoms with Crippen LogP contribution in [0.2, 0.25) is 5.02 Å². The molecule has 8 heteroatoms. The Kier molecular flexibility index (Phi) is 4.61. The van der Waals surface area contributed by atoms with Crippen LogP contribution in [-0.4, -0.2) is 22.0 Å². The Morgan fingerprint density at radius 2 is 2.22 bits per heavy atom. The molecule has 3 rings (SSSR count). The molecule has 0 radical (unpaired) electrons. The largest absolute Gasteiger partial charge is 0.324 e. The van der Waals surface area contributed by atoms with Gasteiger partial charge in [-0.25, -0.2) is 4.98 Å². The molecule has 1 aromatic heterocycles. The molecule has 23 heavy (non-hydrogen) atoms. The van der Waals surface area contributed by atoms with Gasteiger partial charge in [0.15, 0.2) is 5.13 Å². The number of hydrogen-bond donors (Lipinski definition) is 2. The van der Waals surface area contributed by atoms with Crippen LogP contribution in [0.15, 0.2) is 23.1 Å². The molecule has 0 spiro atoms. The van der Waals surface area contributed by atoms with E-state index in [1.165, 1.54) is 23.1 Å². The number of thiazole rings is 1. The maximum atomic E-state index is 12.2. The third kappa shape index (κ3) is 3.68. The minimum Gasteiger partial charge on any atom is -0.324 e. The quantitative estimate of drug-likeness (QED) is 0.864. The third-order valence-corrected chi connectivity index (χ3v) is 5.91. The summed E-state index contributed by atoms with van der Waals surface area (Å²) in [4.78, 5) is 30.5. The van der Waals surface area contributed by atoms with Crippen LogP contribution in [0.5, 0.6) is 0 Å². The van der Waals surface area contributed by atoms with Crippen LogP contribution >= 0.6 is 34.7 Å². The van der Waals surface area contributed by atoms with Gasteiger partial charge in [-0.05, 0) is 32.0 Å². The van der Waals surface area contributed by atoms with E-state index >= 15 is 0 Å². The van der Waals surface area contributed by atoms with E-state index in [1.54, 1.807) is 12.1 Å².